The largest absolute Gasteiger partial charge is 0.344 e. The summed E-state index contributed by atoms with van der Waals surface area (Å²) < 4.78 is 2.54. The molecule has 2 heterocycles. The number of aromatic nitrogens is 1. The van der Waals surface area contributed by atoms with Gasteiger partial charge in [-0.3, -0.25) is 9.89 Å². The van der Waals surface area contributed by atoms with Gasteiger partial charge in [-0.1, -0.05) is 37.3 Å². The van der Waals surface area contributed by atoms with Crippen LogP contribution >= 0.6 is 0 Å². The second-order valence-corrected chi connectivity index (χ2v) is 6.44. The number of para-hydroxylation sites is 1. The van der Waals surface area contributed by atoms with Crippen LogP contribution in [0.15, 0.2) is 53.2 Å². The minimum Gasteiger partial charge on any atom is -0.344 e. The highest BCUT2D eigenvalue weighted by Crippen LogP contribution is 2.31. The van der Waals surface area contributed by atoms with Crippen molar-refractivity contribution in [2.24, 2.45) is 4.99 Å². The van der Waals surface area contributed by atoms with Crippen LogP contribution in [-0.2, 0) is 19.5 Å². The Bertz CT molecular complexity index is 780. The maximum absolute atomic E-state index is 3.95. The fourth-order valence-electron chi connectivity index (χ4n) is 3.80. The van der Waals surface area contributed by atoms with Crippen molar-refractivity contribution >= 4 is 17.6 Å². The number of aryl methyl sites for hydroxylation is 1. The number of fused-ring (bicyclic) bond motifs is 3. The van der Waals surface area contributed by atoms with Gasteiger partial charge in [0.15, 0.2) is 0 Å². The molecule has 3 nitrogen and oxygen atoms in total. The lowest BCUT2D eigenvalue weighted by molar-refractivity contribution is 0.274. The van der Waals surface area contributed by atoms with Crippen molar-refractivity contribution in [1.82, 2.24) is 9.47 Å². The van der Waals surface area contributed by atoms with Crippen LogP contribution in [0.1, 0.15) is 31.5 Å². The first-order valence-electron chi connectivity index (χ1n) is 8.87. The molecule has 0 N–H and O–H groups in total. The summed E-state index contributed by atoms with van der Waals surface area (Å²) in [5, 5.41) is 1.42. The smallest absolute Gasteiger partial charge is 0.0485 e. The average Bonchev–Trinajstić information content (AvgIpc) is 2.90. The molecule has 2 aromatic rings. The number of nitrogens with zero attached hydrogens (tertiary/aromatic N) is 3. The number of hydrogen-bond acceptors (Lipinski definition) is 2. The summed E-state index contributed by atoms with van der Waals surface area (Å²) in [6.45, 7) is 12.0. The number of allylic oxidation sites excluding steroid dienone is 1. The van der Waals surface area contributed by atoms with Crippen molar-refractivity contribution < 1.29 is 0 Å². The van der Waals surface area contributed by atoms with Gasteiger partial charge in [-0.15, -0.1) is 0 Å². The molecule has 1 aromatic carbocycles. The quantitative estimate of drug-likeness (QED) is 0.564. The summed E-state index contributed by atoms with van der Waals surface area (Å²) in [6.07, 6.45) is 8.36. The van der Waals surface area contributed by atoms with E-state index in [4.69, 9.17) is 0 Å². The molecule has 0 atom stereocenters. The first-order valence-corrected chi connectivity index (χ1v) is 8.87. The van der Waals surface area contributed by atoms with Crippen molar-refractivity contribution in [2.45, 2.75) is 39.8 Å². The number of aliphatic imine (C=N–C) groups is 1. The summed E-state index contributed by atoms with van der Waals surface area (Å²) in [5.41, 5.74) is 5.65. The zero-order valence-electron chi connectivity index (χ0n) is 14.8. The molecule has 0 fully saturated rings. The van der Waals surface area contributed by atoms with E-state index in [2.05, 4.69) is 64.5 Å². The molecule has 0 unspecified atom stereocenters. The molecule has 3 rings (SSSR count). The van der Waals surface area contributed by atoms with Gasteiger partial charge in [0.1, 0.15) is 0 Å². The van der Waals surface area contributed by atoms with E-state index in [1.54, 1.807) is 0 Å². The minimum absolute atomic E-state index is 0.927. The van der Waals surface area contributed by atoms with E-state index in [0.717, 1.165) is 32.6 Å². The summed E-state index contributed by atoms with van der Waals surface area (Å²) in [5.74, 6) is 0. The number of benzene rings is 1. The summed E-state index contributed by atoms with van der Waals surface area (Å²) >= 11 is 0. The van der Waals surface area contributed by atoms with Gasteiger partial charge in [-0.25, -0.2) is 0 Å². The van der Waals surface area contributed by atoms with Crippen LogP contribution in [-0.4, -0.2) is 29.3 Å². The fourth-order valence-corrected chi connectivity index (χ4v) is 3.80. The molecular weight excluding hydrogens is 294 g/mol. The zero-order chi connectivity index (χ0) is 16.9. The number of hydrogen-bond donors (Lipinski definition) is 0. The zero-order valence-corrected chi connectivity index (χ0v) is 14.8. The van der Waals surface area contributed by atoms with Crippen molar-refractivity contribution in [3.63, 3.8) is 0 Å². The molecule has 1 aliphatic heterocycles. The molecule has 1 aliphatic rings. The Morgan fingerprint density at radius 1 is 1.33 bits per heavy atom. The maximum Gasteiger partial charge on any atom is 0.0485 e. The summed E-state index contributed by atoms with van der Waals surface area (Å²) in [6, 6.07) is 8.85. The molecule has 0 saturated carbocycles. The predicted octanol–water partition coefficient (Wildman–Crippen LogP) is 4.57. The lowest BCUT2D eigenvalue weighted by Gasteiger charge is -2.28. The molecule has 0 bridgehead atoms. The molecule has 0 aliphatic carbocycles. The monoisotopic (exact) mass is 321 g/mol. The van der Waals surface area contributed by atoms with E-state index in [1.165, 1.54) is 34.2 Å². The van der Waals surface area contributed by atoms with Crippen LogP contribution in [0.4, 0.5) is 0 Å². The summed E-state index contributed by atoms with van der Waals surface area (Å²) in [4.78, 5) is 6.46. The van der Waals surface area contributed by atoms with Gasteiger partial charge in [0.2, 0.25) is 0 Å². The molecule has 0 amide bonds. The second-order valence-electron chi connectivity index (χ2n) is 6.44. The topological polar surface area (TPSA) is 20.5 Å². The molecule has 0 saturated heterocycles. The Balaban J connectivity index is 1.92. The third-order valence-electron chi connectivity index (χ3n) is 4.73. The van der Waals surface area contributed by atoms with Crippen molar-refractivity contribution in [3.05, 3.63) is 59.4 Å². The van der Waals surface area contributed by atoms with E-state index in [0.29, 0.717) is 0 Å². The Morgan fingerprint density at radius 3 is 2.92 bits per heavy atom. The van der Waals surface area contributed by atoms with Gasteiger partial charge in [0.25, 0.3) is 0 Å². The fraction of sp³-hybridized carbons (Fsp3) is 0.381. The van der Waals surface area contributed by atoms with Gasteiger partial charge in [-0.05, 0) is 37.3 Å². The molecule has 0 spiro atoms. The molecule has 24 heavy (non-hydrogen) atoms. The van der Waals surface area contributed by atoms with Gasteiger partial charge in [0.05, 0.1) is 0 Å². The Kier molecular flexibility index (Phi) is 5.31. The van der Waals surface area contributed by atoms with E-state index < -0.39 is 0 Å². The third-order valence-corrected chi connectivity index (χ3v) is 4.73. The van der Waals surface area contributed by atoms with E-state index in [1.807, 2.05) is 13.1 Å². The van der Waals surface area contributed by atoms with Crippen molar-refractivity contribution in [2.75, 3.05) is 13.1 Å². The predicted molar refractivity (Wildman–Crippen MR) is 104 cm³/mol. The average molecular weight is 321 g/mol. The SMILES string of the molecule is C=N/C=C(\C=C/C)CN1CCc2c(c3ccccc3n2CCC)C1. The van der Waals surface area contributed by atoms with Gasteiger partial charge < -0.3 is 4.57 Å². The van der Waals surface area contributed by atoms with E-state index >= 15 is 0 Å². The highest BCUT2D eigenvalue weighted by atomic mass is 15.1. The molecule has 126 valence electrons. The van der Waals surface area contributed by atoms with Gasteiger partial charge in [0, 0.05) is 55.4 Å². The lowest BCUT2D eigenvalue weighted by atomic mass is 10.0. The maximum atomic E-state index is 3.95. The first kappa shape index (κ1) is 16.7. The van der Waals surface area contributed by atoms with Crippen LogP contribution in [0.2, 0.25) is 0 Å². The second kappa shape index (κ2) is 7.63. The van der Waals surface area contributed by atoms with E-state index in [9.17, 15) is 0 Å². The Labute approximate surface area is 145 Å². The van der Waals surface area contributed by atoms with Crippen molar-refractivity contribution in [1.29, 1.82) is 0 Å². The molecule has 0 radical (unpaired) electrons. The van der Waals surface area contributed by atoms with Crippen LogP contribution < -0.4 is 0 Å². The van der Waals surface area contributed by atoms with Crippen molar-refractivity contribution in [3.8, 4) is 0 Å². The molecule has 3 heteroatoms. The lowest BCUT2D eigenvalue weighted by Crippen LogP contribution is -2.32. The third kappa shape index (κ3) is 3.22. The Hall–Kier alpha value is -2.13. The summed E-state index contributed by atoms with van der Waals surface area (Å²) in [7, 11) is 0. The number of rotatable bonds is 6. The van der Waals surface area contributed by atoms with Gasteiger partial charge in [-0.2, -0.15) is 0 Å². The highest BCUT2D eigenvalue weighted by Gasteiger charge is 2.23. The van der Waals surface area contributed by atoms with Crippen LogP contribution in [0.3, 0.4) is 0 Å². The molecular formula is C21H27N3. The molecule has 1 aromatic heterocycles. The normalized spacial score (nSPS) is 16.0. The van der Waals surface area contributed by atoms with Gasteiger partial charge >= 0.3 is 0 Å². The first-order chi connectivity index (χ1) is 11.8. The van der Waals surface area contributed by atoms with Crippen LogP contribution in [0.5, 0.6) is 0 Å². The van der Waals surface area contributed by atoms with Crippen LogP contribution in [0.25, 0.3) is 10.9 Å². The highest BCUT2D eigenvalue weighted by molar-refractivity contribution is 5.85. The van der Waals surface area contributed by atoms with Crippen LogP contribution in [0, 0.1) is 0 Å². The van der Waals surface area contributed by atoms with E-state index in [-0.39, 0.29) is 0 Å². The Morgan fingerprint density at radius 2 is 2.17 bits per heavy atom. The minimum atomic E-state index is 0.927. The standard InChI is InChI=1S/C21H27N3/c1-4-8-17(14-22-3)15-23-13-11-21-19(16-23)18-9-6-7-10-20(18)24(21)12-5-2/h4,6-10,14H,3,5,11-13,15-16H2,1-2H3/b8-4-,17-14+.